The van der Waals surface area contributed by atoms with Gasteiger partial charge in [-0.1, -0.05) is 103 Å². The number of para-hydroxylation sites is 1. The monoisotopic (exact) mass is 687 g/mol. The number of alkyl carbamates (subject to hydrolysis) is 1. The normalized spacial score (nSPS) is 16.2. The first-order valence-electron chi connectivity index (χ1n) is 16.9. The second kappa shape index (κ2) is 16.6. The quantitative estimate of drug-likeness (QED) is 0.115. The van der Waals surface area contributed by atoms with E-state index in [1.54, 1.807) is 6.20 Å². The van der Waals surface area contributed by atoms with E-state index in [2.05, 4.69) is 20.6 Å². The van der Waals surface area contributed by atoms with E-state index in [0.29, 0.717) is 30.8 Å². The largest absolute Gasteiger partial charge is 0.465 e. The lowest BCUT2D eigenvalue weighted by molar-refractivity contribution is -0.118. The Morgan fingerprint density at radius 2 is 1.61 bits per heavy atom. The van der Waals surface area contributed by atoms with Gasteiger partial charge in [-0.2, -0.15) is 0 Å². The number of carboxylic acid groups (broad SMARTS) is 1. The minimum atomic E-state index is -1.04. The molecule has 262 valence electrons. The fourth-order valence-electron chi connectivity index (χ4n) is 6.29. The molecule has 0 radical (unpaired) electrons. The van der Waals surface area contributed by atoms with Crippen molar-refractivity contribution in [2.75, 3.05) is 25.6 Å². The maximum atomic E-state index is 13.6. The van der Waals surface area contributed by atoms with Crippen molar-refractivity contribution in [1.82, 2.24) is 20.2 Å². The number of carbonyl (C=O) groups is 3. The average molecular weight is 688 g/mol. The van der Waals surface area contributed by atoms with Gasteiger partial charge in [0, 0.05) is 30.4 Å². The summed E-state index contributed by atoms with van der Waals surface area (Å²) in [4.78, 5) is 47.4. The highest BCUT2D eigenvalue weighted by Gasteiger charge is 2.35. The van der Waals surface area contributed by atoms with Crippen LogP contribution in [0.15, 0.2) is 115 Å². The van der Waals surface area contributed by atoms with Crippen LogP contribution in [0, 0.1) is 0 Å². The fourth-order valence-corrected chi connectivity index (χ4v) is 6.29. The van der Waals surface area contributed by atoms with Gasteiger partial charge in [-0.3, -0.25) is 9.69 Å². The van der Waals surface area contributed by atoms with Crippen LogP contribution in [0.4, 0.5) is 15.3 Å². The van der Waals surface area contributed by atoms with Gasteiger partial charge < -0.3 is 30.2 Å². The molecule has 0 unspecified atom stereocenters. The van der Waals surface area contributed by atoms with Crippen LogP contribution in [0.25, 0.3) is 11.1 Å². The Hall–Kier alpha value is -5.94. The highest BCUT2D eigenvalue weighted by Crippen LogP contribution is 2.28. The molecule has 4 aromatic carbocycles. The summed E-state index contributed by atoms with van der Waals surface area (Å²) in [6.45, 7) is 0.346. The van der Waals surface area contributed by atoms with Gasteiger partial charge in [-0.25, -0.2) is 14.6 Å². The first-order valence-corrected chi connectivity index (χ1v) is 16.9. The highest BCUT2D eigenvalue weighted by atomic mass is 16.5. The van der Waals surface area contributed by atoms with Gasteiger partial charge >= 0.3 is 12.2 Å². The predicted molar refractivity (Wildman–Crippen MR) is 193 cm³/mol. The van der Waals surface area contributed by atoms with E-state index in [9.17, 15) is 19.5 Å². The van der Waals surface area contributed by atoms with Crippen LogP contribution in [0.3, 0.4) is 0 Å². The summed E-state index contributed by atoms with van der Waals surface area (Å²) in [6.07, 6.45) is 1.61. The van der Waals surface area contributed by atoms with E-state index in [4.69, 9.17) is 9.47 Å². The molecule has 0 aliphatic carbocycles. The number of methoxy groups -OCH3 is 1. The number of morpholine rings is 1. The van der Waals surface area contributed by atoms with Gasteiger partial charge in [0.2, 0.25) is 5.91 Å². The van der Waals surface area contributed by atoms with Gasteiger partial charge in [0.05, 0.1) is 26.4 Å². The zero-order valence-electron chi connectivity index (χ0n) is 28.3. The number of amides is 3. The Labute approximate surface area is 296 Å². The van der Waals surface area contributed by atoms with Gasteiger partial charge in [-0.15, -0.1) is 0 Å². The van der Waals surface area contributed by atoms with E-state index in [0.717, 1.165) is 33.5 Å². The van der Waals surface area contributed by atoms with Crippen LogP contribution < -0.4 is 10.6 Å². The molecule has 5 aromatic rings. The molecule has 0 saturated carbocycles. The summed E-state index contributed by atoms with van der Waals surface area (Å²) in [5.74, 6) is 0.163. The second-order valence-corrected chi connectivity index (χ2v) is 12.5. The predicted octanol–water partition coefficient (Wildman–Crippen LogP) is 6.63. The molecule has 3 amide bonds. The zero-order chi connectivity index (χ0) is 35.6. The number of carbonyl (C=O) groups excluding carboxylic acids is 2. The van der Waals surface area contributed by atoms with E-state index in [1.807, 2.05) is 109 Å². The van der Waals surface area contributed by atoms with E-state index in [1.165, 1.54) is 12.0 Å². The molecule has 1 saturated heterocycles. The highest BCUT2D eigenvalue weighted by molar-refractivity contribution is 5.97. The van der Waals surface area contributed by atoms with Crippen molar-refractivity contribution in [2.45, 2.75) is 43.9 Å². The van der Waals surface area contributed by atoms with Gasteiger partial charge in [0.1, 0.15) is 17.9 Å². The molecular weight excluding hydrogens is 646 g/mol. The lowest BCUT2D eigenvalue weighted by Gasteiger charge is -2.37. The standard InChI is InChI=1S/C40H41N5O6/c1-50-39(47)44-35(23-28-16-18-30(19-17-28)29-12-6-3-7-13-29)38(46)43-34-15-9-8-14-31(34)20-21-33-25-45(40(48)49)36(26-51-33)37-41-24-32(42-37)22-27-10-4-2-5-11-27/h2-19,24,33,35-36H,20-23,25-26H2,1H3,(H,41,42)(H,43,46)(H,44,47)(H,48,49)/t33-,35+,36+/m1/s1. The number of rotatable bonds is 12. The van der Waals surface area contributed by atoms with Crippen molar-refractivity contribution in [2.24, 2.45) is 0 Å². The number of H-pyrrole nitrogens is 1. The molecule has 0 spiro atoms. The third-order valence-electron chi connectivity index (χ3n) is 9.02. The number of aryl methyl sites for hydroxylation is 1. The van der Waals surface area contributed by atoms with Crippen LogP contribution in [-0.4, -0.2) is 70.5 Å². The van der Waals surface area contributed by atoms with E-state index >= 15 is 0 Å². The van der Waals surface area contributed by atoms with Crippen LogP contribution in [0.5, 0.6) is 0 Å². The maximum Gasteiger partial charge on any atom is 0.408 e. The van der Waals surface area contributed by atoms with Crippen molar-refractivity contribution in [3.63, 3.8) is 0 Å². The lowest BCUT2D eigenvalue weighted by Crippen LogP contribution is -2.47. The molecule has 0 bridgehead atoms. The van der Waals surface area contributed by atoms with E-state index in [-0.39, 0.29) is 31.6 Å². The number of aromatic nitrogens is 2. The Morgan fingerprint density at radius 3 is 2.33 bits per heavy atom. The first-order chi connectivity index (χ1) is 24.9. The topological polar surface area (TPSA) is 146 Å². The van der Waals surface area contributed by atoms with Crippen molar-refractivity contribution in [3.05, 3.63) is 144 Å². The van der Waals surface area contributed by atoms with Gasteiger partial charge in [0.25, 0.3) is 0 Å². The smallest absolute Gasteiger partial charge is 0.408 e. The lowest BCUT2D eigenvalue weighted by atomic mass is 10.00. The second-order valence-electron chi connectivity index (χ2n) is 12.5. The molecule has 1 aliphatic heterocycles. The van der Waals surface area contributed by atoms with Gasteiger partial charge in [0.15, 0.2) is 0 Å². The number of nitrogens with zero attached hydrogens (tertiary/aromatic N) is 2. The summed E-state index contributed by atoms with van der Waals surface area (Å²) < 4.78 is 11.0. The van der Waals surface area contributed by atoms with E-state index < -0.39 is 24.3 Å². The molecule has 6 rings (SSSR count). The fraction of sp³-hybridized carbons (Fsp3) is 0.250. The van der Waals surface area contributed by atoms with Crippen LogP contribution >= 0.6 is 0 Å². The maximum absolute atomic E-state index is 13.6. The summed E-state index contributed by atoms with van der Waals surface area (Å²) in [5, 5.41) is 15.8. The van der Waals surface area contributed by atoms with Crippen molar-refractivity contribution in [3.8, 4) is 11.1 Å². The SMILES string of the molecule is COC(=O)N[C@@H](Cc1ccc(-c2ccccc2)cc1)C(=O)Nc1ccccc1CC[C@@H]1CN(C(=O)O)[C@H](c2ncc(Cc3ccccc3)[nH]2)CO1. The Morgan fingerprint density at radius 1 is 0.922 bits per heavy atom. The molecule has 2 heterocycles. The van der Waals surface area contributed by atoms with Crippen molar-refractivity contribution < 1.29 is 29.0 Å². The van der Waals surface area contributed by atoms with Crippen molar-refractivity contribution >= 4 is 23.8 Å². The van der Waals surface area contributed by atoms with Crippen LogP contribution in [-0.2, 0) is 33.5 Å². The number of benzene rings is 4. The number of imidazole rings is 1. The van der Waals surface area contributed by atoms with Crippen LogP contribution in [0.2, 0.25) is 0 Å². The first kappa shape index (κ1) is 34.9. The number of nitrogens with one attached hydrogen (secondary N) is 3. The Kier molecular flexibility index (Phi) is 11.4. The van der Waals surface area contributed by atoms with Crippen molar-refractivity contribution in [1.29, 1.82) is 0 Å². The molecule has 1 aromatic heterocycles. The number of hydrogen-bond acceptors (Lipinski definition) is 6. The number of aromatic amines is 1. The summed E-state index contributed by atoms with van der Waals surface area (Å²) in [7, 11) is 1.26. The third kappa shape index (κ3) is 9.20. The molecule has 11 heteroatoms. The number of ether oxygens (including phenoxy) is 2. The molecule has 51 heavy (non-hydrogen) atoms. The molecule has 11 nitrogen and oxygen atoms in total. The third-order valence-corrected chi connectivity index (χ3v) is 9.02. The average Bonchev–Trinajstić information content (AvgIpc) is 3.63. The summed E-state index contributed by atoms with van der Waals surface area (Å²) in [5.41, 5.74) is 6.49. The molecule has 1 aliphatic rings. The minimum absolute atomic E-state index is 0.168. The molecule has 3 atom stereocenters. The van der Waals surface area contributed by atoms with Crippen LogP contribution in [0.1, 0.15) is 40.7 Å². The van der Waals surface area contributed by atoms with Gasteiger partial charge in [-0.05, 0) is 46.7 Å². The summed E-state index contributed by atoms with van der Waals surface area (Å²) >= 11 is 0. The molecule has 4 N–H and O–H groups in total. The Bertz CT molecular complexity index is 1910. The minimum Gasteiger partial charge on any atom is -0.465 e. The summed E-state index contributed by atoms with van der Waals surface area (Å²) in [6, 6.07) is 33.8. The Balaban J connectivity index is 1.08. The number of anilines is 1. The molecule has 1 fully saturated rings. The zero-order valence-corrected chi connectivity index (χ0v) is 28.3. The molecular formula is C40H41N5O6. The number of hydrogen-bond donors (Lipinski definition) is 4.